The van der Waals surface area contributed by atoms with Crippen molar-refractivity contribution in [2.45, 2.75) is 32.6 Å². The van der Waals surface area contributed by atoms with Crippen LogP contribution in [0.25, 0.3) is 11.3 Å². The van der Waals surface area contributed by atoms with Gasteiger partial charge in [-0.15, -0.1) is 0 Å². The highest BCUT2D eigenvalue weighted by atomic mass is 14.9. The highest BCUT2D eigenvalue weighted by Gasteiger charge is 2.03. The molecule has 1 heterocycles. The van der Waals surface area contributed by atoms with Crippen LogP contribution in [-0.4, -0.2) is 16.5 Å². The fourth-order valence-corrected chi connectivity index (χ4v) is 2.06. The van der Waals surface area contributed by atoms with Gasteiger partial charge in [-0.3, -0.25) is 0 Å². The number of rotatable bonds is 6. The number of unbranched alkanes of at least 4 members (excludes halogenated alkanes) is 2. The minimum atomic E-state index is 0.784. The van der Waals surface area contributed by atoms with E-state index >= 15 is 0 Å². The number of H-pyrrole nitrogens is 1. The molecule has 0 spiro atoms. The Morgan fingerprint density at radius 1 is 1.22 bits per heavy atom. The van der Waals surface area contributed by atoms with Crippen LogP contribution in [0.15, 0.2) is 30.5 Å². The van der Waals surface area contributed by atoms with Crippen molar-refractivity contribution in [1.82, 2.24) is 9.97 Å². The minimum absolute atomic E-state index is 0.784. The molecular weight excluding hydrogens is 222 g/mol. The summed E-state index contributed by atoms with van der Waals surface area (Å²) in [5, 5.41) is 0. The van der Waals surface area contributed by atoms with E-state index in [1.54, 1.807) is 0 Å². The number of benzene rings is 1. The molecule has 0 saturated carbocycles. The van der Waals surface area contributed by atoms with E-state index in [4.69, 9.17) is 5.73 Å². The quantitative estimate of drug-likeness (QED) is 0.766. The van der Waals surface area contributed by atoms with Crippen LogP contribution < -0.4 is 5.73 Å². The van der Waals surface area contributed by atoms with Gasteiger partial charge in [-0.1, -0.05) is 30.2 Å². The van der Waals surface area contributed by atoms with E-state index in [-0.39, 0.29) is 0 Å². The molecule has 2 aromatic rings. The molecule has 0 aliphatic rings. The summed E-state index contributed by atoms with van der Waals surface area (Å²) in [6, 6.07) is 8.46. The lowest BCUT2D eigenvalue weighted by Crippen LogP contribution is -1.98. The zero-order valence-electron chi connectivity index (χ0n) is 10.9. The second-order valence-electron chi connectivity index (χ2n) is 4.71. The smallest absolute Gasteiger partial charge is 0.106 e. The monoisotopic (exact) mass is 243 g/mol. The van der Waals surface area contributed by atoms with Crippen molar-refractivity contribution in [3.05, 3.63) is 41.9 Å². The van der Waals surface area contributed by atoms with Crippen LogP contribution in [0.2, 0.25) is 0 Å². The molecule has 96 valence electrons. The molecular formula is C15H21N3. The molecule has 0 fully saturated rings. The van der Waals surface area contributed by atoms with Crippen LogP contribution >= 0.6 is 0 Å². The Bertz CT molecular complexity index is 488. The van der Waals surface area contributed by atoms with Gasteiger partial charge in [-0.2, -0.15) is 0 Å². The zero-order valence-corrected chi connectivity index (χ0v) is 10.9. The Kier molecular flexibility index (Phi) is 4.53. The predicted octanol–water partition coefficient (Wildman–Crippen LogP) is 3.06. The summed E-state index contributed by atoms with van der Waals surface area (Å²) in [5.41, 5.74) is 9.06. The van der Waals surface area contributed by atoms with E-state index in [0.29, 0.717) is 0 Å². The number of aromatic nitrogens is 2. The number of nitrogens with two attached hydrogens (primary N) is 1. The van der Waals surface area contributed by atoms with Crippen molar-refractivity contribution in [3.8, 4) is 11.3 Å². The average molecular weight is 243 g/mol. The first-order valence-corrected chi connectivity index (χ1v) is 6.60. The summed E-state index contributed by atoms with van der Waals surface area (Å²) in [6.07, 6.45) is 6.36. The van der Waals surface area contributed by atoms with E-state index in [0.717, 1.165) is 37.3 Å². The van der Waals surface area contributed by atoms with Gasteiger partial charge < -0.3 is 10.7 Å². The van der Waals surface area contributed by atoms with E-state index in [9.17, 15) is 0 Å². The topological polar surface area (TPSA) is 54.7 Å². The van der Waals surface area contributed by atoms with Gasteiger partial charge in [-0.05, 0) is 37.9 Å². The molecule has 3 nitrogen and oxygen atoms in total. The molecule has 1 aromatic heterocycles. The molecule has 0 unspecified atom stereocenters. The van der Waals surface area contributed by atoms with E-state index in [2.05, 4.69) is 41.2 Å². The normalized spacial score (nSPS) is 10.8. The average Bonchev–Trinajstić information content (AvgIpc) is 2.83. The molecule has 18 heavy (non-hydrogen) atoms. The molecule has 3 heteroatoms. The summed E-state index contributed by atoms with van der Waals surface area (Å²) in [6.45, 7) is 2.89. The van der Waals surface area contributed by atoms with Gasteiger partial charge in [0, 0.05) is 6.42 Å². The van der Waals surface area contributed by atoms with Crippen molar-refractivity contribution >= 4 is 0 Å². The summed E-state index contributed by atoms with van der Waals surface area (Å²) in [4.78, 5) is 7.82. The van der Waals surface area contributed by atoms with Crippen LogP contribution in [0.4, 0.5) is 0 Å². The van der Waals surface area contributed by atoms with Crippen molar-refractivity contribution in [2.75, 3.05) is 6.54 Å². The first-order valence-electron chi connectivity index (χ1n) is 6.60. The van der Waals surface area contributed by atoms with Crippen LogP contribution in [0.3, 0.4) is 0 Å². The van der Waals surface area contributed by atoms with E-state index in [1.165, 1.54) is 17.5 Å². The summed E-state index contributed by atoms with van der Waals surface area (Å²) >= 11 is 0. The lowest BCUT2D eigenvalue weighted by molar-refractivity contribution is 0.673. The number of aryl methyl sites for hydroxylation is 2. The Hall–Kier alpha value is -1.61. The Morgan fingerprint density at radius 3 is 2.89 bits per heavy atom. The molecule has 2 rings (SSSR count). The number of aromatic amines is 1. The van der Waals surface area contributed by atoms with Gasteiger partial charge in [0.05, 0.1) is 11.9 Å². The highest BCUT2D eigenvalue weighted by Crippen LogP contribution is 2.18. The molecule has 1 aromatic carbocycles. The third kappa shape index (κ3) is 3.44. The Morgan fingerprint density at radius 2 is 2.11 bits per heavy atom. The van der Waals surface area contributed by atoms with E-state index in [1.807, 2.05) is 6.20 Å². The second-order valence-corrected chi connectivity index (χ2v) is 4.71. The van der Waals surface area contributed by atoms with Crippen molar-refractivity contribution in [3.63, 3.8) is 0 Å². The summed E-state index contributed by atoms with van der Waals surface area (Å²) in [5.74, 6) is 1.07. The van der Waals surface area contributed by atoms with Crippen LogP contribution in [0, 0.1) is 6.92 Å². The van der Waals surface area contributed by atoms with Gasteiger partial charge in [0.25, 0.3) is 0 Å². The van der Waals surface area contributed by atoms with Crippen LogP contribution in [0.5, 0.6) is 0 Å². The van der Waals surface area contributed by atoms with E-state index < -0.39 is 0 Å². The second kappa shape index (κ2) is 6.36. The van der Waals surface area contributed by atoms with Gasteiger partial charge in [0.2, 0.25) is 0 Å². The lowest BCUT2D eigenvalue weighted by Gasteiger charge is -1.99. The van der Waals surface area contributed by atoms with Gasteiger partial charge in [-0.25, -0.2) is 4.98 Å². The zero-order chi connectivity index (χ0) is 12.8. The molecule has 0 aliphatic heterocycles. The van der Waals surface area contributed by atoms with Gasteiger partial charge in [0.15, 0.2) is 0 Å². The number of imidazole rings is 1. The molecule has 0 atom stereocenters. The Balaban J connectivity index is 1.97. The maximum atomic E-state index is 5.48. The maximum absolute atomic E-state index is 5.48. The van der Waals surface area contributed by atoms with Crippen LogP contribution in [-0.2, 0) is 6.42 Å². The predicted molar refractivity (Wildman–Crippen MR) is 75.4 cm³/mol. The number of nitrogens with zero attached hydrogens (tertiary/aromatic N) is 1. The highest BCUT2D eigenvalue weighted by molar-refractivity contribution is 5.59. The van der Waals surface area contributed by atoms with Crippen molar-refractivity contribution < 1.29 is 0 Å². The molecule has 0 radical (unpaired) electrons. The van der Waals surface area contributed by atoms with Gasteiger partial charge >= 0.3 is 0 Å². The SMILES string of the molecule is Cc1cccc(-c2cnc(CCCCCN)[nH]2)c1. The third-order valence-corrected chi connectivity index (χ3v) is 3.08. The third-order valence-electron chi connectivity index (χ3n) is 3.08. The van der Waals surface area contributed by atoms with Crippen molar-refractivity contribution in [2.24, 2.45) is 5.73 Å². The fraction of sp³-hybridized carbons (Fsp3) is 0.400. The first-order chi connectivity index (χ1) is 8.79. The standard InChI is InChI=1S/C15H21N3/c1-12-6-5-7-13(10-12)14-11-17-15(18-14)8-3-2-4-9-16/h5-7,10-11H,2-4,8-9,16H2,1H3,(H,17,18). The molecule has 0 bridgehead atoms. The summed E-state index contributed by atoms with van der Waals surface area (Å²) in [7, 11) is 0. The largest absolute Gasteiger partial charge is 0.342 e. The van der Waals surface area contributed by atoms with Crippen molar-refractivity contribution in [1.29, 1.82) is 0 Å². The minimum Gasteiger partial charge on any atom is -0.342 e. The Labute approximate surface area is 108 Å². The van der Waals surface area contributed by atoms with Gasteiger partial charge in [0.1, 0.15) is 5.82 Å². The summed E-state index contributed by atoms with van der Waals surface area (Å²) < 4.78 is 0. The van der Waals surface area contributed by atoms with Crippen LogP contribution in [0.1, 0.15) is 30.7 Å². The molecule has 0 amide bonds. The molecule has 0 aliphatic carbocycles. The fourth-order valence-electron chi connectivity index (χ4n) is 2.06. The molecule has 3 N–H and O–H groups in total. The number of hydrogen-bond acceptors (Lipinski definition) is 2. The number of nitrogens with one attached hydrogen (secondary N) is 1. The number of hydrogen-bond donors (Lipinski definition) is 2. The lowest BCUT2D eigenvalue weighted by atomic mass is 10.1. The molecule has 0 saturated heterocycles. The first kappa shape index (κ1) is 12.8. The maximum Gasteiger partial charge on any atom is 0.106 e.